The van der Waals surface area contributed by atoms with Crippen molar-refractivity contribution in [3.05, 3.63) is 83.3 Å². The average molecular weight is 456 g/mol. The van der Waals surface area contributed by atoms with Gasteiger partial charge in [-0.25, -0.2) is 9.97 Å². The van der Waals surface area contributed by atoms with E-state index < -0.39 is 0 Å². The third-order valence-corrected chi connectivity index (χ3v) is 7.26. The number of anilines is 2. The molecule has 5 rings (SSSR count). The van der Waals surface area contributed by atoms with Gasteiger partial charge in [0.05, 0.1) is 0 Å². The number of carbonyl (C=O) groups is 1. The fourth-order valence-corrected chi connectivity index (χ4v) is 5.28. The van der Waals surface area contributed by atoms with Crippen molar-refractivity contribution in [2.45, 2.75) is 44.4 Å². The van der Waals surface area contributed by atoms with E-state index in [1.807, 2.05) is 17.0 Å². The fourth-order valence-electron chi connectivity index (χ4n) is 5.28. The number of fused-ring (bicyclic) bond motifs is 1. The minimum absolute atomic E-state index is 0.0226. The predicted molar refractivity (Wildman–Crippen MR) is 136 cm³/mol. The molecule has 176 valence electrons. The average Bonchev–Trinajstić information content (AvgIpc) is 2.90. The van der Waals surface area contributed by atoms with Gasteiger partial charge in [-0.15, -0.1) is 0 Å². The number of hydrogen-bond donors (Lipinski definition) is 1. The Morgan fingerprint density at radius 1 is 0.971 bits per heavy atom. The van der Waals surface area contributed by atoms with Crippen LogP contribution >= 0.6 is 0 Å². The van der Waals surface area contributed by atoms with E-state index in [1.165, 1.54) is 5.56 Å². The maximum absolute atomic E-state index is 13.7. The normalized spacial score (nSPS) is 16.7. The summed E-state index contributed by atoms with van der Waals surface area (Å²) >= 11 is 0. The summed E-state index contributed by atoms with van der Waals surface area (Å²) in [5.74, 6) is 1.38. The highest BCUT2D eigenvalue weighted by Crippen LogP contribution is 2.30. The second-order valence-corrected chi connectivity index (χ2v) is 9.44. The zero-order valence-electron chi connectivity index (χ0n) is 19.7. The van der Waals surface area contributed by atoms with Gasteiger partial charge in [0.2, 0.25) is 0 Å². The van der Waals surface area contributed by atoms with Gasteiger partial charge >= 0.3 is 0 Å². The van der Waals surface area contributed by atoms with Crippen LogP contribution in [0.1, 0.15) is 58.8 Å². The van der Waals surface area contributed by atoms with Crippen molar-refractivity contribution >= 4 is 17.4 Å². The van der Waals surface area contributed by atoms with E-state index in [0.29, 0.717) is 23.7 Å². The summed E-state index contributed by atoms with van der Waals surface area (Å²) in [5.41, 5.74) is 10.8. The molecule has 1 amide bonds. The van der Waals surface area contributed by atoms with E-state index in [-0.39, 0.29) is 5.91 Å². The number of carbonyl (C=O) groups excluding carboxylic acids is 1. The minimum Gasteiger partial charge on any atom is -0.399 e. The number of nitrogens with zero attached hydrogens (tertiary/aromatic N) is 4. The number of aromatic nitrogens is 2. The van der Waals surface area contributed by atoms with E-state index in [2.05, 4.69) is 45.2 Å². The molecule has 0 unspecified atom stereocenters. The van der Waals surface area contributed by atoms with Crippen molar-refractivity contribution in [2.75, 3.05) is 36.8 Å². The van der Waals surface area contributed by atoms with Gasteiger partial charge in [-0.1, -0.05) is 30.3 Å². The van der Waals surface area contributed by atoms with Gasteiger partial charge in [0, 0.05) is 35.6 Å². The first-order valence-corrected chi connectivity index (χ1v) is 12.5. The van der Waals surface area contributed by atoms with E-state index in [0.717, 1.165) is 75.2 Å². The van der Waals surface area contributed by atoms with Crippen LogP contribution in [0, 0.1) is 0 Å². The first-order chi connectivity index (χ1) is 16.7. The summed E-state index contributed by atoms with van der Waals surface area (Å²) in [5, 5.41) is 0. The molecule has 2 aliphatic rings. The number of aryl methyl sites for hydroxylation is 1. The van der Waals surface area contributed by atoms with Crippen molar-refractivity contribution in [1.29, 1.82) is 0 Å². The smallest absolute Gasteiger partial charge is 0.259 e. The van der Waals surface area contributed by atoms with Crippen molar-refractivity contribution in [1.82, 2.24) is 14.9 Å². The molecule has 1 saturated heterocycles. The standard InChI is InChI=1S/C28H33N5O/c29-24-12-10-23(11-13-24)28(34)33(27-25-8-4-5-9-26(25)30-20-31-27)19-18-32-16-14-22(15-17-32)21-6-2-1-3-7-21/h1-3,6-7,10-13,20,22H,4-5,8-9,14-19,29H2. The summed E-state index contributed by atoms with van der Waals surface area (Å²) in [6, 6.07) is 18.0. The molecule has 3 aromatic rings. The summed E-state index contributed by atoms with van der Waals surface area (Å²) in [7, 11) is 0. The second-order valence-electron chi connectivity index (χ2n) is 9.44. The van der Waals surface area contributed by atoms with Gasteiger partial charge < -0.3 is 10.6 Å². The lowest BCUT2D eigenvalue weighted by Crippen LogP contribution is -2.42. The Hall–Kier alpha value is -3.25. The molecule has 0 atom stereocenters. The first kappa shape index (κ1) is 22.5. The Morgan fingerprint density at radius 2 is 1.71 bits per heavy atom. The molecule has 6 nitrogen and oxygen atoms in total. The van der Waals surface area contributed by atoms with E-state index in [4.69, 9.17) is 5.73 Å². The highest BCUT2D eigenvalue weighted by molar-refractivity contribution is 6.06. The van der Waals surface area contributed by atoms with Crippen molar-refractivity contribution in [2.24, 2.45) is 0 Å². The zero-order chi connectivity index (χ0) is 23.3. The lowest BCUT2D eigenvalue weighted by Gasteiger charge is -2.34. The van der Waals surface area contributed by atoms with E-state index in [9.17, 15) is 4.79 Å². The lowest BCUT2D eigenvalue weighted by atomic mass is 9.89. The van der Waals surface area contributed by atoms with E-state index >= 15 is 0 Å². The number of amides is 1. The molecule has 0 saturated carbocycles. The molecule has 2 aromatic carbocycles. The molecule has 0 radical (unpaired) electrons. The van der Waals surface area contributed by atoms with Crippen LogP contribution in [0.5, 0.6) is 0 Å². The third kappa shape index (κ3) is 4.97. The molecular formula is C28H33N5O. The fraction of sp³-hybridized carbons (Fsp3) is 0.393. The number of nitrogen functional groups attached to an aromatic ring is 1. The predicted octanol–water partition coefficient (Wildman–Crippen LogP) is 4.46. The number of nitrogens with two attached hydrogens (primary N) is 1. The Labute approximate surface area is 201 Å². The third-order valence-electron chi connectivity index (χ3n) is 7.26. The Morgan fingerprint density at radius 3 is 2.47 bits per heavy atom. The van der Waals surface area contributed by atoms with Crippen LogP contribution in [0.25, 0.3) is 0 Å². The largest absolute Gasteiger partial charge is 0.399 e. The van der Waals surface area contributed by atoms with Gasteiger partial charge in [-0.3, -0.25) is 9.69 Å². The number of benzene rings is 2. The van der Waals surface area contributed by atoms with Crippen LogP contribution in [0.2, 0.25) is 0 Å². The molecule has 1 aliphatic heterocycles. The number of piperidine rings is 1. The topological polar surface area (TPSA) is 75.4 Å². The van der Waals surface area contributed by atoms with Crippen molar-refractivity contribution in [3.8, 4) is 0 Å². The van der Waals surface area contributed by atoms with Crippen LogP contribution in [0.3, 0.4) is 0 Å². The van der Waals surface area contributed by atoms with Crippen molar-refractivity contribution in [3.63, 3.8) is 0 Å². The minimum atomic E-state index is -0.0226. The van der Waals surface area contributed by atoms with Crippen LogP contribution < -0.4 is 10.6 Å². The summed E-state index contributed by atoms with van der Waals surface area (Å²) in [4.78, 5) is 27.2. The summed E-state index contributed by atoms with van der Waals surface area (Å²) in [6.45, 7) is 3.54. The summed E-state index contributed by atoms with van der Waals surface area (Å²) < 4.78 is 0. The maximum atomic E-state index is 13.7. The first-order valence-electron chi connectivity index (χ1n) is 12.5. The number of rotatable bonds is 6. The second kappa shape index (κ2) is 10.3. The lowest BCUT2D eigenvalue weighted by molar-refractivity contribution is 0.0980. The molecule has 0 spiro atoms. The van der Waals surface area contributed by atoms with Crippen molar-refractivity contribution < 1.29 is 4.79 Å². The van der Waals surface area contributed by atoms with Crippen LogP contribution in [-0.4, -0.2) is 47.0 Å². The monoisotopic (exact) mass is 455 g/mol. The van der Waals surface area contributed by atoms with Crippen LogP contribution in [-0.2, 0) is 12.8 Å². The Kier molecular flexibility index (Phi) is 6.86. The SMILES string of the molecule is Nc1ccc(C(=O)N(CCN2CCC(c3ccccc3)CC2)c2ncnc3c2CCCC3)cc1. The molecule has 0 bridgehead atoms. The van der Waals surface area contributed by atoms with Crippen LogP contribution in [0.15, 0.2) is 60.9 Å². The molecule has 6 heteroatoms. The molecule has 1 aromatic heterocycles. The highest BCUT2D eigenvalue weighted by Gasteiger charge is 2.27. The van der Waals surface area contributed by atoms with Gasteiger partial charge in [-0.2, -0.15) is 0 Å². The van der Waals surface area contributed by atoms with Gasteiger partial charge in [0.15, 0.2) is 0 Å². The molecule has 2 heterocycles. The Bertz CT molecular complexity index is 1110. The maximum Gasteiger partial charge on any atom is 0.259 e. The van der Waals surface area contributed by atoms with E-state index in [1.54, 1.807) is 18.5 Å². The summed E-state index contributed by atoms with van der Waals surface area (Å²) in [6.07, 6.45) is 8.07. The van der Waals surface area contributed by atoms with Gasteiger partial charge in [-0.05, 0) is 87.4 Å². The molecule has 1 aliphatic carbocycles. The van der Waals surface area contributed by atoms with Gasteiger partial charge in [0.25, 0.3) is 5.91 Å². The number of likely N-dealkylation sites (tertiary alicyclic amines) is 1. The molecule has 2 N–H and O–H groups in total. The quantitative estimate of drug-likeness (QED) is 0.555. The van der Waals surface area contributed by atoms with Crippen LogP contribution in [0.4, 0.5) is 11.5 Å². The zero-order valence-corrected chi connectivity index (χ0v) is 19.7. The molecule has 34 heavy (non-hydrogen) atoms. The highest BCUT2D eigenvalue weighted by atomic mass is 16.2. The van der Waals surface area contributed by atoms with Gasteiger partial charge in [0.1, 0.15) is 12.1 Å². The Balaban J connectivity index is 1.32. The molecular weight excluding hydrogens is 422 g/mol. The molecule has 1 fully saturated rings. The number of hydrogen-bond acceptors (Lipinski definition) is 5.